The molecule has 52 heavy (non-hydrogen) atoms. The molecule has 294 valence electrons. The molecular formula is C39H65N5O8. The third kappa shape index (κ3) is 11.7. The minimum Gasteiger partial charge on any atom is -0.480 e. The average molecular weight is 732 g/mol. The number of carbonyl (C=O) groups is 5. The van der Waals surface area contributed by atoms with Gasteiger partial charge in [-0.05, 0) is 43.2 Å². The summed E-state index contributed by atoms with van der Waals surface area (Å²) in [5, 5.41) is 18.5. The molecule has 0 bridgehead atoms. The van der Waals surface area contributed by atoms with E-state index in [1.54, 1.807) is 30.8 Å². The molecule has 1 aromatic rings. The summed E-state index contributed by atoms with van der Waals surface area (Å²) in [4.78, 5) is 70.3. The van der Waals surface area contributed by atoms with E-state index in [2.05, 4.69) is 16.0 Å². The second-order valence-electron chi connectivity index (χ2n) is 14.9. The number of likely N-dealkylation sites (tertiary alicyclic amines) is 1. The molecule has 13 nitrogen and oxygen atoms in total. The summed E-state index contributed by atoms with van der Waals surface area (Å²) in [6.45, 7) is 13.9. The highest BCUT2D eigenvalue weighted by molar-refractivity contribution is 5.90. The van der Waals surface area contributed by atoms with Gasteiger partial charge in [0.1, 0.15) is 12.1 Å². The van der Waals surface area contributed by atoms with Gasteiger partial charge in [0.05, 0.1) is 42.7 Å². The standard InChI is InChI=1S/C39H65N5O8/c1-12-25(6)34(43(9)38(48)33(24(4)5)42-37(47)32(40-8)23(2)3)30(51-10)22-31(45)44-20-16-19-29(44)35(52-11)26(7)36(46)41-28(39(49)50)21-27-17-14-13-15-18-27/h13-15,17-18,23-26,28-30,32-35,40H,12,16,19-22H2,1-11H3,(H,41,46)(H,42,47)(H,49,50)/t25?,26?,28?,29?,30?,32?,33-,34?,35?/m0/s1. The van der Waals surface area contributed by atoms with E-state index in [0.717, 1.165) is 12.0 Å². The first-order chi connectivity index (χ1) is 24.5. The van der Waals surface area contributed by atoms with Gasteiger partial charge < -0.3 is 40.3 Å². The molecule has 0 aliphatic carbocycles. The van der Waals surface area contributed by atoms with Gasteiger partial charge in [0.2, 0.25) is 23.6 Å². The largest absolute Gasteiger partial charge is 0.480 e. The summed E-state index contributed by atoms with van der Waals surface area (Å²) < 4.78 is 11.8. The van der Waals surface area contributed by atoms with Crippen LogP contribution in [0.15, 0.2) is 30.3 Å². The molecule has 4 N–H and O–H groups in total. The fraction of sp³-hybridized carbons (Fsp3) is 0.718. The van der Waals surface area contributed by atoms with Crippen LogP contribution >= 0.6 is 0 Å². The van der Waals surface area contributed by atoms with Crippen LogP contribution in [0, 0.1) is 23.7 Å². The highest BCUT2D eigenvalue weighted by Crippen LogP contribution is 2.29. The highest BCUT2D eigenvalue weighted by Gasteiger charge is 2.43. The van der Waals surface area contributed by atoms with Gasteiger partial charge in [0, 0.05) is 34.2 Å². The van der Waals surface area contributed by atoms with Gasteiger partial charge in [-0.3, -0.25) is 19.2 Å². The van der Waals surface area contributed by atoms with E-state index in [9.17, 15) is 29.1 Å². The molecule has 8 unspecified atom stereocenters. The van der Waals surface area contributed by atoms with Crippen LogP contribution in [-0.2, 0) is 39.9 Å². The van der Waals surface area contributed by atoms with Crippen molar-refractivity contribution in [2.75, 3.05) is 34.9 Å². The molecule has 0 radical (unpaired) electrons. The van der Waals surface area contributed by atoms with Crippen molar-refractivity contribution >= 4 is 29.6 Å². The Morgan fingerprint density at radius 3 is 2.04 bits per heavy atom. The fourth-order valence-corrected chi connectivity index (χ4v) is 7.40. The maximum Gasteiger partial charge on any atom is 0.326 e. The Morgan fingerprint density at radius 2 is 1.54 bits per heavy atom. The van der Waals surface area contributed by atoms with E-state index < -0.39 is 60.2 Å². The second kappa shape index (κ2) is 21.2. The summed E-state index contributed by atoms with van der Waals surface area (Å²) in [6, 6.07) is 5.84. The summed E-state index contributed by atoms with van der Waals surface area (Å²) >= 11 is 0. The van der Waals surface area contributed by atoms with E-state index in [1.807, 2.05) is 71.9 Å². The zero-order valence-corrected chi connectivity index (χ0v) is 33.2. The number of nitrogens with one attached hydrogen (secondary N) is 3. The molecular weight excluding hydrogens is 666 g/mol. The number of ether oxygens (including phenoxy) is 2. The van der Waals surface area contributed by atoms with Gasteiger partial charge in [-0.1, -0.05) is 85.2 Å². The lowest BCUT2D eigenvalue weighted by molar-refractivity contribution is -0.148. The average Bonchev–Trinajstić information content (AvgIpc) is 3.59. The number of likely N-dealkylation sites (N-methyl/N-ethyl adjacent to an activating group) is 2. The summed E-state index contributed by atoms with van der Waals surface area (Å²) in [6.07, 6.45) is 0.818. The van der Waals surface area contributed by atoms with Gasteiger partial charge in [-0.2, -0.15) is 0 Å². The number of hydrogen-bond acceptors (Lipinski definition) is 8. The highest BCUT2D eigenvalue weighted by atomic mass is 16.5. The van der Waals surface area contributed by atoms with Crippen molar-refractivity contribution in [3.05, 3.63) is 35.9 Å². The number of methoxy groups -OCH3 is 2. The molecule has 0 spiro atoms. The van der Waals surface area contributed by atoms with Gasteiger partial charge in [0.25, 0.3) is 0 Å². The predicted molar refractivity (Wildman–Crippen MR) is 200 cm³/mol. The first-order valence-electron chi connectivity index (χ1n) is 18.7. The van der Waals surface area contributed by atoms with Crippen molar-refractivity contribution < 1.29 is 38.6 Å². The lowest BCUT2D eigenvalue weighted by atomic mass is 9.89. The number of aliphatic carboxylic acids is 1. The van der Waals surface area contributed by atoms with Crippen molar-refractivity contribution in [1.82, 2.24) is 25.8 Å². The smallest absolute Gasteiger partial charge is 0.326 e. The Labute approximate surface area is 310 Å². The number of nitrogens with zero attached hydrogens (tertiary/aromatic N) is 2. The molecule has 9 atom stereocenters. The van der Waals surface area contributed by atoms with Crippen molar-refractivity contribution in [3.63, 3.8) is 0 Å². The quantitative estimate of drug-likeness (QED) is 0.149. The van der Waals surface area contributed by atoms with Crippen molar-refractivity contribution in [3.8, 4) is 0 Å². The van der Waals surface area contributed by atoms with E-state index in [-0.39, 0.29) is 48.3 Å². The summed E-state index contributed by atoms with van der Waals surface area (Å²) in [5.74, 6) is -3.27. The number of carboxylic acid groups (broad SMARTS) is 1. The van der Waals surface area contributed by atoms with Crippen molar-refractivity contribution in [2.24, 2.45) is 23.7 Å². The number of carbonyl (C=O) groups excluding carboxylic acids is 4. The third-order valence-corrected chi connectivity index (χ3v) is 10.6. The molecule has 13 heteroatoms. The Morgan fingerprint density at radius 1 is 0.923 bits per heavy atom. The van der Waals surface area contributed by atoms with Crippen LogP contribution in [0.25, 0.3) is 0 Å². The number of carboxylic acids is 1. The van der Waals surface area contributed by atoms with E-state index in [0.29, 0.717) is 19.4 Å². The molecule has 0 aromatic heterocycles. The van der Waals surface area contributed by atoms with E-state index >= 15 is 0 Å². The first kappa shape index (κ1) is 44.6. The van der Waals surface area contributed by atoms with Crippen LogP contribution < -0.4 is 16.0 Å². The Hall–Kier alpha value is -3.55. The fourth-order valence-electron chi connectivity index (χ4n) is 7.40. The molecule has 1 aliphatic heterocycles. The molecule has 1 heterocycles. The van der Waals surface area contributed by atoms with Crippen LogP contribution in [0.5, 0.6) is 0 Å². The molecule has 2 rings (SSSR count). The number of benzene rings is 1. The maximum absolute atomic E-state index is 14.1. The molecule has 1 aliphatic rings. The van der Waals surface area contributed by atoms with Crippen LogP contribution in [-0.4, -0.2) is 122 Å². The lowest BCUT2D eigenvalue weighted by Gasteiger charge is -2.41. The van der Waals surface area contributed by atoms with E-state index in [1.165, 1.54) is 14.2 Å². The topological polar surface area (TPSA) is 167 Å². The zero-order valence-electron chi connectivity index (χ0n) is 33.2. The third-order valence-electron chi connectivity index (χ3n) is 10.6. The Balaban J connectivity index is 2.26. The zero-order chi connectivity index (χ0) is 39.3. The minimum absolute atomic E-state index is 0.0112. The monoisotopic (exact) mass is 731 g/mol. The maximum atomic E-state index is 14.1. The second-order valence-corrected chi connectivity index (χ2v) is 14.9. The van der Waals surface area contributed by atoms with Gasteiger partial charge >= 0.3 is 5.97 Å². The Kier molecular flexibility index (Phi) is 18.2. The molecule has 0 saturated carbocycles. The van der Waals surface area contributed by atoms with Gasteiger partial charge in [0.15, 0.2) is 0 Å². The van der Waals surface area contributed by atoms with Crippen molar-refractivity contribution in [2.45, 2.75) is 123 Å². The first-order valence-corrected chi connectivity index (χ1v) is 18.7. The predicted octanol–water partition coefficient (Wildman–Crippen LogP) is 3.10. The number of hydrogen-bond donors (Lipinski definition) is 4. The van der Waals surface area contributed by atoms with Crippen LogP contribution in [0.1, 0.15) is 79.7 Å². The van der Waals surface area contributed by atoms with Crippen LogP contribution in [0.4, 0.5) is 0 Å². The molecule has 1 fully saturated rings. The van der Waals surface area contributed by atoms with Crippen molar-refractivity contribution in [1.29, 1.82) is 0 Å². The van der Waals surface area contributed by atoms with Crippen LogP contribution in [0.2, 0.25) is 0 Å². The lowest BCUT2D eigenvalue weighted by Crippen LogP contribution is -2.59. The normalized spacial score (nSPS) is 19.2. The SMILES string of the molecule is CCC(C)C(C(CC(=O)N1CCCC1C(OC)C(C)C(=O)NC(Cc1ccccc1)C(=O)O)OC)N(C)C(=O)[C@@H](NC(=O)C(NC)C(C)C)C(C)C. The summed E-state index contributed by atoms with van der Waals surface area (Å²) in [7, 11) is 6.46. The van der Waals surface area contributed by atoms with E-state index in [4.69, 9.17) is 9.47 Å². The molecule has 1 aromatic carbocycles. The summed E-state index contributed by atoms with van der Waals surface area (Å²) in [5.41, 5.74) is 0.785. The number of rotatable bonds is 21. The van der Waals surface area contributed by atoms with Gasteiger partial charge in [-0.15, -0.1) is 0 Å². The molecule has 4 amide bonds. The minimum atomic E-state index is -1.14. The Bertz CT molecular complexity index is 1310. The number of amides is 4. The van der Waals surface area contributed by atoms with Crippen LogP contribution in [0.3, 0.4) is 0 Å². The van der Waals surface area contributed by atoms with Gasteiger partial charge in [-0.25, -0.2) is 4.79 Å². The molecule has 1 saturated heterocycles.